The molecule has 14 heteroatoms. The minimum atomic E-state index is -3.97. The molecule has 0 radical (unpaired) electrons. The van der Waals surface area contributed by atoms with Crippen molar-refractivity contribution in [2.75, 3.05) is 0 Å². The molecule has 4 aromatic carbocycles. The van der Waals surface area contributed by atoms with Crippen LogP contribution >= 0.6 is 46.4 Å². The van der Waals surface area contributed by atoms with E-state index in [1.54, 1.807) is 60.7 Å². The van der Waals surface area contributed by atoms with Crippen LogP contribution in [0.5, 0.6) is 0 Å². The molecule has 0 amide bonds. The molecule has 8 rings (SSSR count). The van der Waals surface area contributed by atoms with Gasteiger partial charge in [0, 0.05) is 23.1 Å². The van der Waals surface area contributed by atoms with E-state index in [2.05, 4.69) is 0 Å². The van der Waals surface area contributed by atoms with Crippen LogP contribution in [0.15, 0.2) is 82.6 Å². The molecule has 2 heterocycles. The molecule has 0 spiro atoms. The van der Waals surface area contributed by atoms with Gasteiger partial charge in [0.1, 0.15) is 11.4 Å². The Labute approximate surface area is 327 Å². The lowest BCUT2D eigenvalue weighted by Gasteiger charge is -2.20. The van der Waals surface area contributed by atoms with E-state index in [-0.39, 0.29) is 48.7 Å². The maximum Gasteiger partial charge on any atom is 0.268 e. The maximum atomic E-state index is 13.5. The normalized spacial score (nSPS) is 16.0. The predicted molar refractivity (Wildman–Crippen MR) is 211 cm³/mol. The Balaban J connectivity index is 0.000000164. The van der Waals surface area contributed by atoms with Crippen LogP contribution in [0.1, 0.15) is 69.4 Å². The molecular formula is C39H32Cl4N2O6S2. The van der Waals surface area contributed by atoms with Crippen molar-refractivity contribution in [1.82, 2.24) is 7.94 Å². The molecule has 1 atom stereocenters. The summed E-state index contributed by atoms with van der Waals surface area (Å²) >= 11 is 24.7. The van der Waals surface area contributed by atoms with Crippen LogP contribution in [0.25, 0.3) is 21.8 Å². The van der Waals surface area contributed by atoms with Crippen molar-refractivity contribution in [3.05, 3.63) is 127 Å². The third-order valence-corrected chi connectivity index (χ3v) is 14.8. The molecule has 1 unspecified atom stereocenters. The predicted octanol–water partition coefficient (Wildman–Crippen LogP) is 10.3. The summed E-state index contributed by atoms with van der Waals surface area (Å²) in [7, 11) is -7.92. The lowest BCUT2D eigenvalue weighted by molar-refractivity contribution is 0.0907. The number of halogens is 4. The van der Waals surface area contributed by atoms with Gasteiger partial charge in [-0.1, -0.05) is 88.7 Å². The van der Waals surface area contributed by atoms with Gasteiger partial charge in [0.05, 0.1) is 40.9 Å². The zero-order chi connectivity index (χ0) is 38.1. The first kappa shape index (κ1) is 37.7. The van der Waals surface area contributed by atoms with Gasteiger partial charge < -0.3 is 0 Å². The Morgan fingerprint density at radius 2 is 1.00 bits per heavy atom. The van der Waals surface area contributed by atoms with E-state index < -0.39 is 20.0 Å². The average Bonchev–Trinajstić information content (AvgIpc) is 3.61. The molecule has 2 aromatic heterocycles. The third-order valence-electron chi connectivity index (χ3n) is 9.86. The molecule has 2 aliphatic carbocycles. The quantitative estimate of drug-likeness (QED) is 0.175. The fourth-order valence-corrected chi connectivity index (χ4v) is 10.8. The number of hydrogen-bond donors (Lipinski definition) is 0. The second-order valence-corrected chi connectivity index (χ2v) is 18.7. The van der Waals surface area contributed by atoms with Crippen molar-refractivity contribution in [2.45, 2.75) is 62.7 Å². The van der Waals surface area contributed by atoms with Gasteiger partial charge in [0.25, 0.3) is 20.0 Å². The van der Waals surface area contributed by atoms with Crippen molar-refractivity contribution in [1.29, 1.82) is 0 Å². The molecule has 6 aromatic rings. The van der Waals surface area contributed by atoms with E-state index in [4.69, 9.17) is 46.4 Å². The van der Waals surface area contributed by atoms with E-state index in [1.165, 1.54) is 12.1 Å². The summed E-state index contributed by atoms with van der Waals surface area (Å²) in [4.78, 5) is 25.8. The molecule has 0 bridgehead atoms. The molecule has 53 heavy (non-hydrogen) atoms. The first-order valence-corrected chi connectivity index (χ1v) is 21.2. The second-order valence-electron chi connectivity index (χ2n) is 13.5. The molecule has 0 saturated carbocycles. The molecule has 0 aliphatic heterocycles. The van der Waals surface area contributed by atoms with E-state index >= 15 is 0 Å². The third kappa shape index (κ3) is 6.41. The number of carbonyl (C=O) groups is 2. The van der Waals surface area contributed by atoms with Crippen LogP contribution < -0.4 is 0 Å². The van der Waals surface area contributed by atoms with Crippen LogP contribution in [-0.2, 0) is 32.9 Å². The van der Waals surface area contributed by atoms with Gasteiger partial charge in [-0.3, -0.25) is 9.59 Å². The Hall–Kier alpha value is -3.64. The summed E-state index contributed by atoms with van der Waals surface area (Å²) in [5, 5.41) is 2.50. The van der Waals surface area contributed by atoms with Crippen molar-refractivity contribution in [3.63, 3.8) is 0 Å². The second kappa shape index (κ2) is 13.9. The minimum Gasteiger partial charge on any atom is -0.292 e. The molecule has 274 valence electrons. The summed E-state index contributed by atoms with van der Waals surface area (Å²) in [5.74, 6) is -0.583. The van der Waals surface area contributed by atoms with Gasteiger partial charge in [-0.05, 0) is 99.2 Å². The van der Waals surface area contributed by atoms with Crippen LogP contribution in [0.4, 0.5) is 0 Å². The summed E-state index contributed by atoms with van der Waals surface area (Å²) in [6, 6.07) is 19.5. The molecular weight excluding hydrogens is 798 g/mol. The van der Waals surface area contributed by atoms with Crippen LogP contribution in [0, 0.1) is 19.8 Å². The fraction of sp³-hybridized carbons (Fsp3) is 0.231. The first-order chi connectivity index (χ1) is 25.0. The lowest BCUT2D eigenvalue weighted by Crippen LogP contribution is -2.26. The van der Waals surface area contributed by atoms with Crippen LogP contribution in [0.2, 0.25) is 20.1 Å². The monoisotopic (exact) mass is 828 g/mol. The minimum absolute atomic E-state index is 0.130. The average molecular weight is 831 g/mol. The number of carbonyl (C=O) groups excluding carboxylic acids is 2. The van der Waals surface area contributed by atoms with Crippen LogP contribution in [0.3, 0.4) is 0 Å². The van der Waals surface area contributed by atoms with Gasteiger partial charge >= 0.3 is 0 Å². The maximum absolute atomic E-state index is 13.5. The largest absolute Gasteiger partial charge is 0.292 e. The number of rotatable bonds is 4. The highest BCUT2D eigenvalue weighted by Crippen LogP contribution is 2.41. The molecule has 8 nitrogen and oxygen atoms in total. The Bertz CT molecular complexity index is 2740. The Morgan fingerprint density at radius 3 is 1.47 bits per heavy atom. The van der Waals surface area contributed by atoms with E-state index in [9.17, 15) is 26.4 Å². The van der Waals surface area contributed by atoms with Gasteiger partial charge in [-0.25, -0.2) is 24.8 Å². The van der Waals surface area contributed by atoms with Gasteiger partial charge in [-0.15, -0.1) is 0 Å². The summed E-state index contributed by atoms with van der Waals surface area (Å²) in [6.45, 7) is 5.59. The summed E-state index contributed by atoms with van der Waals surface area (Å²) < 4.78 is 56.0. The fourth-order valence-electron chi connectivity index (χ4n) is 7.07. The highest BCUT2D eigenvalue weighted by Gasteiger charge is 2.36. The molecule has 0 fully saturated rings. The highest BCUT2D eigenvalue weighted by atomic mass is 35.5. The van der Waals surface area contributed by atoms with Crippen LogP contribution in [-0.4, -0.2) is 36.3 Å². The number of hydrogen-bond acceptors (Lipinski definition) is 6. The smallest absolute Gasteiger partial charge is 0.268 e. The number of Topliss-reactive ketones (excluding diaryl/α,β-unsaturated/α-hetero) is 2. The zero-order valence-electron chi connectivity index (χ0n) is 28.7. The molecule has 0 N–H and O–H groups in total. The molecule has 2 aliphatic rings. The lowest BCUT2D eigenvalue weighted by atomic mass is 9.87. The van der Waals surface area contributed by atoms with Gasteiger partial charge in [0.2, 0.25) is 0 Å². The number of aromatic nitrogens is 2. The van der Waals surface area contributed by atoms with Gasteiger partial charge in [0.15, 0.2) is 11.6 Å². The van der Waals surface area contributed by atoms with Crippen molar-refractivity contribution in [2.24, 2.45) is 5.92 Å². The zero-order valence-corrected chi connectivity index (χ0v) is 33.4. The number of nitrogens with zero attached hydrogens (tertiary/aromatic N) is 2. The first-order valence-electron chi connectivity index (χ1n) is 16.8. The summed E-state index contributed by atoms with van der Waals surface area (Å²) in [6.07, 6.45) is 2.94. The van der Waals surface area contributed by atoms with E-state index in [1.807, 2.05) is 20.8 Å². The number of fused-ring (bicyclic) bond motifs is 6. The van der Waals surface area contributed by atoms with Crippen molar-refractivity contribution < 1.29 is 26.4 Å². The van der Waals surface area contributed by atoms with Gasteiger partial charge in [-0.2, -0.15) is 0 Å². The Morgan fingerprint density at radius 1 is 0.585 bits per heavy atom. The Kier molecular flexibility index (Phi) is 9.87. The topological polar surface area (TPSA) is 112 Å². The highest BCUT2D eigenvalue weighted by molar-refractivity contribution is 7.90. The van der Waals surface area contributed by atoms with Crippen molar-refractivity contribution in [3.8, 4) is 0 Å². The van der Waals surface area contributed by atoms with E-state index in [0.717, 1.165) is 30.2 Å². The number of ketones is 2. The summed E-state index contributed by atoms with van der Waals surface area (Å²) in [5.41, 5.74) is 4.58. The number of aryl methyl sites for hydroxylation is 4. The SMILES string of the molecule is Cc1ccc(S(=O)(=O)n2c3c(c4cc(Cl)c(Cl)cc42)CCC(C)C3=O)cc1.Cc1ccc(S(=O)(=O)n2c3c(c4cc(Cl)c(Cl)cc42)CCCC3=O)cc1. The molecule has 0 saturated heterocycles. The standard InChI is InChI=1S/C20H17Cl2NO3S.C19H15Cl2NO3S/c1-11-3-6-13(7-4-11)27(25,26)23-18-10-17(22)16(21)9-15(18)14-8-5-12(2)20(24)19(14)23;1-11-5-7-12(8-6-11)26(24,25)22-17-10-16(21)15(20)9-14(17)13-3-2-4-18(23)19(13)22/h3-4,6-7,9-10,12H,5,8H2,1-2H3;5-10H,2-4H2,1H3. The number of benzene rings is 4. The van der Waals surface area contributed by atoms with Crippen molar-refractivity contribution >= 4 is 99.8 Å². The van der Waals surface area contributed by atoms with E-state index in [0.29, 0.717) is 64.0 Å².